The Labute approximate surface area is 74.1 Å². The Kier molecular flexibility index (Phi) is 2.05. The van der Waals surface area contributed by atoms with Crippen LogP contribution in [0.1, 0.15) is 26.2 Å². The maximum Gasteiger partial charge on any atom is 0.0605 e. The van der Waals surface area contributed by atoms with E-state index in [0.717, 1.165) is 6.61 Å². The highest BCUT2D eigenvalue weighted by Gasteiger charge is 2.29. The van der Waals surface area contributed by atoms with Gasteiger partial charge >= 0.3 is 0 Å². The maximum absolute atomic E-state index is 5.44. The summed E-state index contributed by atoms with van der Waals surface area (Å²) in [6, 6.07) is 0. The minimum atomic E-state index is 0.361. The zero-order valence-corrected chi connectivity index (χ0v) is 7.62. The lowest BCUT2D eigenvalue weighted by Gasteiger charge is -2.35. The Morgan fingerprint density at radius 2 is 2.33 bits per heavy atom. The summed E-state index contributed by atoms with van der Waals surface area (Å²) < 4.78 is 5.44. The van der Waals surface area contributed by atoms with Gasteiger partial charge in [-0.25, -0.2) is 0 Å². The fourth-order valence-corrected chi connectivity index (χ4v) is 1.89. The second kappa shape index (κ2) is 3.06. The highest BCUT2D eigenvalue weighted by Crippen LogP contribution is 2.35. The number of rotatable bonds is 2. The lowest BCUT2D eigenvalue weighted by atomic mass is 9.78. The van der Waals surface area contributed by atoms with E-state index in [9.17, 15) is 0 Å². The van der Waals surface area contributed by atoms with Crippen LogP contribution in [-0.2, 0) is 4.74 Å². The molecule has 0 aromatic heterocycles. The first kappa shape index (κ1) is 8.06. The Morgan fingerprint density at radius 3 is 2.83 bits per heavy atom. The van der Waals surface area contributed by atoms with Crippen LogP contribution in [0.4, 0.5) is 0 Å². The second-order valence-electron chi connectivity index (χ2n) is 4.13. The van der Waals surface area contributed by atoms with Gasteiger partial charge in [-0.1, -0.05) is 31.2 Å². The first-order chi connectivity index (χ1) is 5.79. The van der Waals surface area contributed by atoms with Crippen LogP contribution in [0.25, 0.3) is 0 Å². The molecule has 1 heterocycles. The third-order valence-corrected chi connectivity index (χ3v) is 2.82. The molecule has 0 spiro atoms. The molecule has 1 saturated heterocycles. The Balaban J connectivity index is 1.91. The average molecular weight is 164 g/mol. The zero-order valence-electron chi connectivity index (χ0n) is 7.62. The molecular formula is C11H16O. The third kappa shape index (κ3) is 1.61. The van der Waals surface area contributed by atoms with Crippen LogP contribution >= 0.6 is 0 Å². The molecule has 1 aliphatic heterocycles. The van der Waals surface area contributed by atoms with Crippen LogP contribution in [0.15, 0.2) is 24.3 Å². The summed E-state index contributed by atoms with van der Waals surface area (Å²) in [5.41, 5.74) is 0.361. The first-order valence-electron chi connectivity index (χ1n) is 4.74. The summed E-state index contributed by atoms with van der Waals surface area (Å²) in [6.45, 7) is 3.29. The molecule has 0 N–H and O–H groups in total. The van der Waals surface area contributed by atoms with Crippen molar-refractivity contribution in [2.75, 3.05) is 6.61 Å². The summed E-state index contributed by atoms with van der Waals surface area (Å²) in [6.07, 6.45) is 13.0. The predicted molar refractivity (Wildman–Crippen MR) is 50.0 cm³/mol. The van der Waals surface area contributed by atoms with E-state index >= 15 is 0 Å². The number of hydrogen-bond donors (Lipinski definition) is 0. The molecule has 0 bridgehead atoms. The Morgan fingerprint density at radius 1 is 1.50 bits per heavy atom. The standard InChI is InChI=1S/C11H16O/c1-11(6-3-2-4-7-11)9-10-5-8-12-10/h2-4,6,10H,5,7-9H2,1H3/t10-,11?/m1/s1. The molecule has 0 saturated carbocycles. The van der Waals surface area contributed by atoms with Crippen molar-refractivity contribution in [3.05, 3.63) is 24.3 Å². The van der Waals surface area contributed by atoms with Crippen LogP contribution < -0.4 is 0 Å². The lowest BCUT2D eigenvalue weighted by molar-refractivity contribution is -0.0683. The molecule has 1 fully saturated rings. The number of ether oxygens (including phenoxy) is 1. The van der Waals surface area contributed by atoms with E-state index in [1.54, 1.807) is 0 Å². The van der Waals surface area contributed by atoms with Gasteiger partial charge in [-0.05, 0) is 24.7 Å². The Bertz CT molecular complexity index is 213. The minimum absolute atomic E-state index is 0.361. The van der Waals surface area contributed by atoms with Crippen LogP contribution in [0.2, 0.25) is 0 Å². The van der Waals surface area contributed by atoms with Gasteiger partial charge in [-0.2, -0.15) is 0 Å². The van der Waals surface area contributed by atoms with Crippen molar-refractivity contribution in [2.24, 2.45) is 5.41 Å². The highest BCUT2D eigenvalue weighted by atomic mass is 16.5. The molecule has 66 valence electrons. The van der Waals surface area contributed by atoms with E-state index in [-0.39, 0.29) is 0 Å². The van der Waals surface area contributed by atoms with Gasteiger partial charge in [0.25, 0.3) is 0 Å². The summed E-state index contributed by atoms with van der Waals surface area (Å²) in [5.74, 6) is 0. The van der Waals surface area contributed by atoms with E-state index < -0.39 is 0 Å². The van der Waals surface area contributed by atoms with Gasteiger partial charge in [0, 0.05) is 6.61 Å². The van der Waals surface area contributed by atoms with Gasteiger partial charge in [-0.3, -0.25) is 0 Å². The normalized spacial score (nSPS) is 39.6. The van der Waals surface area contributed by atoms with Crippen molar-refractivity contribution in [1.29, 1.82) is 0 Å². The van der Waals surface area contributed by atoms with Gasteiger partial charge in [0.15, 0.2) is 0 Å². The van der Waals surface area contributed by atoms with Crippen LogP contribution in [-0.4, -0.2) is 12.7 Å². The molecule has 0 aromatic rings. The summed E-state index contributed by atoms with van der Waals surface area (Å²) in [5, 5.41) is 0. The third-order valence-electron chi connectivity index (χ3n) is 2.82. The molecule has 1 nitrogen and oxygen atoms in total. The molecular weight excluding hydrogens is 148 g/mol. The molecule has 0 radical (unpaired) electrons. The lowest BCUT2D eigenvalue weighted by Crippen LogP contribution is -2.32. The molecule has 2 aliphatic rings. The van der Waals surface area contributed by atoms with Gasteiger partial charge in [0.05, 0.1) is 6.10 Å². The summed E-state index contributed by atoms with van der Waals surface area (Å²) >= 11 is 0. The summed E-state index contributed by atoms with van der Waals surface area (Å²) in [4.78, 5) is 0. The van der Waals surface area contributed by atoms with Crippen molar-refractivity contribution in [2.45, 2.75) is 32.3 Å². The summed E-state index contributed by atoms with van der Waals surface area (Å²) in [7, 11) is 0. The fraction of sp³-hybridized carbons (Fsp3) is 0.636. The zero-order chi connectivity index (χ0) is 8.44. The minimum Gasteiger partial charge on any atom is -0.378 e. The topological polar surface area (TPSA) is 9.23 Å². The smallest absolute Gasteiger partial charge is 0.0605 e. The van der Waals surface area contributed by atoms with E-state index in [2.05, 4.69) is 31.2 Å². The number of hydrogen-bond acceptors (Lipinski definition) is 1. The van der Waals surface area contributed by atoms with Gasteiger partial charge in [-0.15, -0.1) is 0 Å². The molecule has 1 heteroatoms. The van der Waals surface area contributed by atoms with Gasteiger partial charge in [0.1, 0.15) is 0 Å². The van der Waals surface area contributed by atoms with Crippen LogP contribution in [0.3, 0.4) is 0 Å². The van der Waals surface area contributed by atoms with Crippen LogP contribution in [0, 0.1) is 5.41 Å². The predicted octanol–water partition coefficient (Wildman–Crippen LogP) is 2.69. The van der Waals surface area contributed by atoms with Crippen molar-refractivity contribution in [1.82, 2.24) is 0 Å². The molecule has 0 amide bonds. The van der Waals surface area contributed by atoms with Crippen molar-refractivity contribution >= 4 is 0 Å². The quantitative estimate of drug-likeness (QED) is 0.609. The van der Waals surface area contributed by atoms with E-state index in [4.69, 9.17) is 4.74 Å². The van der Waals surface area contributed by atoms with Crippen molar-refractivity contribution in [3.63, 3.8) is 0 Å². The maximum atomic E-state index is 5.44. The molecule has 2 rings (SSSR count). The monoisotopic (exact) mass is 164 g/mol. The molecule has 0 aromatic carbocycles. The van der Waals surface area contributed by atoms with E-state index in [1.165, 1.54) is 19.3 Å². The molecule has 1 aliphatic carbocycles. The fourth-order valence-electron chi connectivity index (χ4n) is 1.89. The van der Waals surface area contributed by atoms with Crippen molar-refractivity contribution < 1.29 is 4.74 Å². The average Bonchev–Trinajstić information content (AvgIpc) is 1.99. The van der Waals surface area contributed by atoms with Gasteiger partial charge < -0.3 is 4.74 Å². The van der Waals surface area contributed by atoms with Crippen molar-refractivity contribution in [3.8, 4) is 0 Å². The highest BCUT2D eigenvalue weighted by molar-refractivity contribution is 5.15. The number of allylic oxidation sites excluding steroid dienone is 4. The Hall–Kier alpha value is -0.560. The largest absolute Gasteiger partial charge is 0.378 e. The van der Waals surface area contributed by atoms with Gasteiger partial charge in [0.2, 0.25) is 0 Å². The first-order valence-corrected chi connectivity index (χ1v) is 4.74. The second-order valence-corrected chi connectivity index (χ2v) is 4.13. The van der Waals surface area contributed by atoms with E-state index in [1.807, 2.05) is 0 Å². The van der Waals surface area contributed by atoms with E-state index in [0.29, 0.717) is 11.5 Å². The van der Waals surface area contributed by atoms with Crippen LogP contribution in [0.5, 0.6) is 0 Å². The molecule has 12 heavy (non-hydrogen) atoms. The molecule has 2 atom stereocenters. The SMILES string of the molecule is CC1(C[C@H]2CCO2)C=CC=CC1. The molecule has 1 unspecified atom stereocenters.